The molecule has 0 aliphatic carbocycles. The highest BCUT2D eigenvalue weighted by Gasteiger charge is 2.01. The molecule has 13 heavy (non-hydrogen) atoms. The fourth-order valence-electron chi connectivity index (χ4n) is 0.882. The predicted octanol–water partition coefficient (Wildman–Crippen LogP) is 2.72. The lowest BCUT2D eigenvalue weighted by Crippen LogP contribution is -2.18. The number of nitrogens with zero attached hydrogens (tertiary/aromatic N) is 1. The molecule has 3 nitrogen and oxygen atoms in total. The first-order valence-electron chi connectivity index (χ1n) is 5.15. The summed E-state index contributed by atoms with van der Waals surface area (Å²) >= 11 is 0. The molecule has 1 amide bonds. The molecule has 0 unspecified atom stereocenters. The van der Waals surface area contributed by atoms with Gasteiger partial charge in [0, 0.05) is 6.54 Å². The summed E-state index contributed by atoms with van der Waals surface area (Å²) in [6, 6.07) is 0. The molecule has 0 aromatic carbocycles. The lowest BCUT2D eigenvalue weighted by molar-refractivity contribution is 0.143. The molecule has 0 aromatic rings. The third-order valence-corrected chi connectivity index (χ3v) is 1.73. The van der Waals surface area contributed by atoms with E-state index in [-0.39, 0.29) is 0 Å². The van der Waals surface area contributed by atoms with E-state index in [0.717, 1.165) is 32.1 Å². The van der Waals surface area contributed by atoms with E-state index >= 15 is 0 Å². The van der Waals surface area contributed by atoms with Crippen LogP contribution in [0.25, 0.3) is 0 Å². The summed E-state index contributed by atoms with van der Waals surface area (Å²) in [5.41, 5.74) is 0. The van der Waals surface area contributed by atoms with Gasteiger partial charge in [-0.1, -0.05) is 33.1 Å². The Labute approximate surface area is 80.8 Å². The Morgan fingerprint density at radius 2 is 1.85 bits per heavy atom. The molecule has 0 aliphatic heterocycles. The molecular formula is C10H20NO2. The molecule has 0 spiro atoms. The molecule has 0 fully saturated rings. The summed E-state index contributed by atoms with van der Waals surface area (Å²) in [5, 5.41) is 3.77. The number of amides is 1. The molecule has 3 heteroatoms. The first-order valence-corrected chi connectivity index (χ1v) is 5.15. The van der Waals surface area contributed by atoms with E-state index in [1.54, 1.807) is 0 Å². The first-order chi connectivity index (χ1) is 6.31. The van der Waals surface area contributed by atoms with Crippen LogP contribution < -0.4 is 5.32 Å². The van der Waals surface area contributed by atoms with Crippen LogP contribution in [0.3, 0.4) is 0 Å². The molecule has 0 rings (SSSR count). The van der Waals surface area contributed by atoms with Crippen molar-refractivity contribution in [1.29, 1.82) is 0 Å². The largest absolute Gasteiger partial charge is 0.448 e. The van der Waals surface area contributed by atoms with Gasteiger partial charge in [-0.05, 0) is 12.8 Å². The number of hydrogen-bond donors (Lipinski definition) is 0. The van der Waals surface area contributed by atoms with Crippen LogP contribution in [-0.4, -0.2) is 19.2 Å². The molecule has 0 aliphatic rings. The van der Waals surface area contributed by atoms with Gasteiger partial charge in [0.05, 0.1) is 6.61 Å². The first kappa shape index (κ1) is 12.3. The second-order valence-electron chi connectivity index (χ2n) is 3.06. The fraction of sp³-hybridized carbons (Fsp3) is 0.900. The molecule has 0 saturated heterocycles. The van der Waals surface area contributed by atoms with E-state index in [4.69, 9.17) is 4.74 Å². The van der Waals surface area contributed by atoms with Crippen LogP contribution in [0.1, 0.15) is 46.0 Å². The Morgan fingerprint density at radius 3 is 2.46 bits per heavy atom. The van der Waals surface area contributed by atoms with Gasteiger partial charge in [0.2, 0.25) is 0 Å². The summed E-state index contributed by atoms with van der Waals surface area (Å²) in [6.45, 7) is 5.30. The van der Waals surface area contributed by atoms with Crippen LogP contribution >= 0.6 is 0 Å². The average molecular weight is 186 g/mol. The molecule has 0 aromatic heterocycles. The number of unbranched alkanes of at least 4 members (excludes halogenated alkanes) is 3. The van der Waals surface area contributed by atoms with Gasteiger partial charge in [0.25, 0.3) is 0 Å². The minimum absolute atomic E-state index is 0.399. The Hall–Kier alpha value is -0.730. The summed E-state index contributed by atoms with van der Waals surface area (Å²) in [7, 11) is 0. The highest BCUT2D eigenvalue weighted by Crippen LogP contribution is 1.93. The van der Waals surface area contributed by atoms with Crippen LogP contribution in [0.15, 0.2) is 0 Å². The standard InChI is InChI=1S/C10H20NO2/c1-3-5-7-8-11-10(12)13-9-6-4-2/h3-9H2,1-2H3. The van der Waals surface area contributed by atoms with Crippen molar-refractivity contribution in [3.8, 4) is 0 Å². The quantitative estimate of drug-likeness (QED) is 0.573. The number of rotatable bonds is 7. The van der Waals surface area contributed by atoms with Crippen molar-refractivity contribution in [1.82, 2.24) is 5.32 Å². The minimum atomic E-state index is -0.399. The normalized spacial score (nSPS) is 9.69. The van der Waals surface area contributed by atoms with Gasteiger partial charge in [-0.2, -0.15) is 0 Å². The van der Waals surface area contributed by atoms with Crippen LogP contribution in [0.5, 0.6) is 0 Å². The van der Waals surface area contributed by atoms with Gasteiger partial charge >= 0.3 is 6.09 Å². The van der Waals surface area contributed by atoms with E-state index in [9.17, 15) is 4.79 Å². The zero-order chi connectivity index (χ0) is 9.94. The third-order valence-electron chi connectivity index (χ3n) is 1.73. The van der Waals surface area contributed by atoms with E-state index in [1.165, 1.54) is 0 Å². The van der Waals surface area contributed by atoms with Crippen molar-refractivity contribution in [3.05, 3.63) is 0 Å². The monoisotopic (exact) mass is 186 g/mol. The maximum atomic E-state index is 10.9. The smallest absolute Gasteiger partial charge is 0.428 e. The minimum Gasteiger partial charge on any atom is -0.448 e. The van der Waals surface area contributed by atoms with Crippen molar-refractivity contribution in [2.24, 2.45) is 0 Å². The van der Waals surface area contributed by atoms with Gasteiger partial charge in [-0.25, -0.2) is 10.1 Å². The zero-order valence-corrected chi connectivity index (χ0v) is 8.71. The zero-order valence-electron chi connectivity index (χ0n) is 8.71. The highest BCUT2D eigenvalue weighted by atomic mass is 16.5. The molecule has 0 heterocycles. The predicted molar refractivity (Wildman–Crippen MR) is 52.8 cm³/mol. The van der Waals surface area contributed by atoms with Gasteiger partial charge in [-0.3, -0.25) is 0 Å². The fourth-order valence-corrected chi connectivity index (χ4v) is 0.882. The summed E-state index contributed by atoms with van der Waals surface area (Å²) in [6.07, 6.45) is 4.84. The number of carbonyl (C=O) groups is 1. The number of carbonyl (C=O) groups excluding carboxylic acids is 1. The summed E-state index contributed by atoms with van der Waals surface area (Å²) < 4.78 is 4.86. The van der Waals surface area contributed by atoms with Crippen LogP contribution in [0.2, 0.25) is 0 Å². The average Bonchev–Trinajstić information content (AvgIpc) is 2.13. The Morgan fingerprint density at radius 1 is 1.15 bits per heavy atom. The topological polar surface area (TPSA) is 40.4 Å². The molecule has 0 N–H and O–H groups in total. The second-order valence-corrected chi connectivity index (χ2v) is 3.06. The molecular weight excluding hydrogens is 166 g/mol. The van der Waals surface area contributed by atoms with Crippen molar-refractivity contribution >= 4 is 6.09 Å². The van der Waals surface area contributed by atoms with Crippen molar-refractivity contribution in [2.45, 2.75) is 46.0 Å². The molecule has 1 radical (unpaired) electrons. The molecule has 77 valence electrons. The SMILES string of the molecule is CCCCC[N]C(=O)OCCCC. The van der Waals surface area contributed by atoms with Crippen molar-refractivity contribution in [3.63, 3.8) is 0 Å². The van der Waals surface area contributed by atoms with E-state index < -0.39 is 6.09 Å². The van der Waals surface area contributed by atoms with Gasteiger partial charge in [-0.15, -0.1) is 0 Å². The van der Waals surface area contributed by atoms with Crippen LogP contribution in [-0.2, 0) is 4.74 Å². The third kappa shape index (κ3) is 9.18. The van der Waals surface area contributed by atoms with E-state index in [0.29, 0.717) is 13.2 Å². The van der Waals surface area contributed by atoms with Crippen LogP contribution in [0, 0.1) is 0 Å². The maximum absolute atomic E-state index is 10.9. The summed E-state index contributed by atoms with van der Waals surface area (Å²) in [5.74, 6) is 0. The van der Waals surface area contributed by atoms with E-state index in [2.05, 4.69) is 19.2 Å². The van der Waals surface area contributed by atoms with E-state index in [1.807, 2.05) is 0 Å². The molecule has 0 saturated carbocycles. The van der Waals surface area contributed by atoms with Gasteiger partial charge in [0.1, 0.15) is 0 Å². The number of hydrogen-bond acceptors (Lipinski definition) is 2. The number of ether oxygens (including phenoxy) is 1. The van der Waals surface area contributed by atoms with Crippen LogP contribution in [0.4, 0.5) is 4.79 Å². The summed E-state index contributed by atoms with van der Waals surface area (Å²) in [4.78, 5) is 10.9. The van der Waals surface area contributed by atoms with Gasteiger partial charge in [0.15, 0.2) is 0 Å². The lowest BCUT2D eigenvalue weighted by Gasteiger charge is -2.02. The van der Waals surface area contributed by atoms with Crippen molar-refractivity contribution in [2.75, 3.05) is 13.2 Å². The Kier molecular flexibility index (Phi) is 8.83. The van der Waals surface area contributed by atoms with Crippen molar-refractivity contribution < 1.29 is 9.53 Å². The Balaban J connectivity index is 3.11. The molecule has 0 bridgehead atoms. The van der Waals surface area contributed by atoms with Gasteiger partial charge < -0.3 is 4.74 Å². The maximum Gasteiger partial charge on any atom is 0.428 e. The highest BCUT2D eigenvalue weighted by molar-refractivity contribution is 5.66. The molecule has 0 atom stereocenters. The Bertz CT molecular complexity index is 126. The second kappa shape index (κ2) is 9.36. The lowest BCUT2D eigenvalue weighted by atomic mass is 10.2.